The third-order valence-electron chi connectivity index (χ3n) is 3.07. The second-order valence-electron chi connectivity index (χ2n) is 4.46. The predicted molar refractivity (Wildman–Crippen MR) is 75.3 cm³/mol. The molecule has 18 heavy (non-hydrogen) atoms. The number of rotatable bonds is 4. The summed E-state index contributed by atoms with van der Waals surface area (Å²) in [6, 6.07) is 9.68. The molecule has 1 fully saturated rings. The normalized spacial score (nSPS) is 20.6. The van der Waals surface area contributed by atoms with Crippen molar-refractivity contribution in [1.29, 1.82) is 0 Å². The van der Waals surface area contributed by atoms with Crippen molar-refractivity contribution in [3.05, 3.63) is 35.9 Å². The number of nitrogens with two attached hydrogens (primary N) is 1. The predicted octanol–water partition coefficient (Wildman–Crippen LogP) is 1.01. The molecule has 0 unspecified atom stereocenters. The van der Waals surface area contributed by atoms with Crippen molar-refractivity contribution >= 4 is 22.4 Å². The van der Waals surface area contributed by atoms with Crippen molar-refractivity contribution in [2.24, 2.45) is 5.73 Å². The first-order valence-electron chi connectivity index (χ1n) is 5.85. The molecule has 6 heteroatoms. The smallest absolute Gasteiger partial charge is 0.214 e. The molecule has 0 amide bonds. The molecule has 1 aliphatic rings. The molecule has 1 aliphatic heterocycles. The van der Waals surface area contributed by atoms with Crippen LogP contribution in [0.1, 0.15) is 12.0 Å². The van der Waals surface area contributed by atoms with E-state index in [0.29, 0.717) is 19.5 Å². The van der Waals surface area contributed by atoms with Gasteiger partial charge < -0.3 is 5.73 Å². The standard InChI is InChI=1S/C12H18N2O2S.ClH/c13-12-6-8-14(10-12)17(15,16)9-7-11-4-2-1-3-5-11;/h1-5,12H,6-10,13H2;1H/t12-;/m1./s1. The van der Waals surface area contributed by atoms with E-state index in [2.05, 4.69) is 0 Å². The zero-order valence-corrected chi connectivity index (χ0v) is 11.8. The van der Waals surface area contributed by atoms with E-state index in [0.717, 1.165) is 12.0 Å². The van der Waals surface area contributed by atoms with Crippen LogP contribution >= 0.6 is 12.4 Å². The van der Waals surface area contributed by atoms with Gasteiger partial charge in [0.15, 0.2) is 0 Å². The summed E-state index contributed by atoms with van der Waals surface area (Å²) < 4.78 is 25.6. The highest BCUT2D eigenvalue weighted by Crippen LogP contribution is 2.14. The summed E-state index contributed by atoms with van der Waals surface area (Å²) in [5, 5.41) is 0. The van der Waals surface area contributed by atoms with Crippen LogP contribution in [0, 0.1) is 0 Å². The van der Waals surface area contributed by atoms with Gasteiger partial charge in [-0.1, -0.05) is 30.3 Å². The Balaban J connectivity index is 0.00000162. The average molecular weight is 291 g/mol. The second kappa shape index (κ2) is 6.52. The summed E-state index contributed by atoms with van der Waals surface area (Å²) in [5.74, 6) is 0.170. The van der Waals surface area contributed by atoms with Crippen LogP contribution in [0.5, 0.6) is 0 Å². The van der Waals surface area contributed by atoms with Crippen LogP contribution in [0.3, 0.4) is 0 Å². The molecule has 1 aromatic rings. The van der Waals surface area contributed by atoms with E-state index in [1.165, 1.54) is 4.31 Å². The van der Waals surface area contributed by atoms with Gasteiger partial charge in [0.05, 0.1) is 5.75 Å². The van der Waals surface area contributed by atoms with Gasteiger partial charge in [-0.05, 0) is 18.4 Å². The summed E-state index contributed by atoms with van der Waals surface area (Å²) in [4.78, 5) is 0. The molecule has 1 atom stereocenters. The Labute approximate surface area is 115 Å². The number of hydrogen-bond donors (Lipinski definition) is 1. The fraction of sp³-hybridized carbons (Fsp3) is 0.500. The summed E-state index contributed by atoms with van der Waals surface area (Å²) >= 11 is 0. The summed E-state index contributed by atoms with van der Waals surface area (Å²) in [7, 11) is -3.14. The van der Waals surface area contributed by atoms with Crippen LogP contribution in [0.25, 0.3) is 0 Å². The molecule has 2 rings (SSSR count). The lowest BCUT2D eigenvalue weighted by Gasteiger charge is -2.15. The first-order chi connectivity index (χ1) is 8.08. The van der Waals surface area contributed by atoms with Crippen molar-refractivity contribution in [3.8, 4) is 0 Å². The van der Waals surface area contributed by atoms with Gasteiger partial charge in [-0.25, -0.2) is 12.7 Å². The van der Waals surface area contributed by atoms with E-state index in [1.54, 1.807) is 0 Å². The van der Waals surface area contributed by atoms with Gasteiger partial charge in [0.25, 0.3) is 0 Å². The van der Waals surface area contributed by atoms with Gasteiger partial charge >= 0.3 is 0 Å². The zero-order valence-electron chi connectivity index (χ0n) is 10.2. The Hall–Kier alpha value is -0.620. The molecule has 0 aliphatic carbocycles. The maximum Gasteiger partial charge on any atom is 0.214 e. The van der Waals surface area contributed by atoms with Crippen LogP contribution in [0.15, 0.2) is 30.3 Å². The molecule has 102 valence electrons. The minimum absolute atomic E-state index is 0. The summed E-state index contributed by atoms with van der Waals surface area (Å²) in [5.41, 5.74) is 6.78. The van der Waals surface area contributed by atoms with Crippen LogP contribution in [0.4, 0.5) is 0 Å². The van der Waals surface area contributed by atoms with Gasteiger partial charge in [-0.15, -0.1) is 12.4 Å². The quantitative estimate of drug-likeness (QED) is 0.900. The first kappa shape index (κ1) is 15.4. The van der Waals surface area contributed by atoms with Gasteiger partial charge in [0, 0.05) is 19.1 Å². The number of nitrogens with zero attached hydrogens (tertiary/aromatic N) is 1. The Morgan fingerprint density at radius 1 is 1.28 bits per heavy atom. The van der Waals surface area contributed by atoms with Crippen molar-refractivity contribution in [3.63, 3.8) is 0 Å². The number of benzene rings is 1. The number of hydrogen-bond acceptors (Lipinski definition) is 3. The van der Waals surface area contributed by atoms with Crippen molar-refractivity contribution in [1.82, 2.24) is 4.31 Å². The van der Waals surface area contributed by atoms with E-state index >= 15 is 0 Å². The Morgan fingerprint density at radius 2 is 1.94 bits per heavy atom. The van der Waals surface area contributed by atoms with Gasteiger partial charge in [-0.2, -0.15) is 0 Å². The molecule has 0 radical (unpaired) electrons. The minimum atomic E-state index is -3.14. The van der Waals surface area contributed by atoms with E-state index in [4.69, 9.17) is 5.73 Å². The number of halogens is 1. The Kier molecular flexibility index (Phi) is 5.59. The molecule has 4 nitrogen and oxygen atoms in total. The van der Waals surface area contributed by atoms with Gasteiger partial charge in [-0.3, -0.25) is 0 Å². The lowest BCUT2D eigenvalue weighted by molar-refractivity contribution is 0.472. The molecular formula is C12H19ClN2O2S. The first-order valence-corrected chi connectivity index (χ1v) is 7.46. The van der Waals surface area contributed by atoms with Gasteiger partial charge in [0.1, 0.15) is 0 Å². The third-order valence-corrected chi connectivity index (χ3v) is 4.91. The Morgan fingerprint density at radius 3 is 2.50 bits per heavy atom. The summed E-state index contributed by atoms with van der Waals surface area (Å²) in [6.07, 6.45) is 1.33. The fourth-order valence-corrected chi connectivity index (χ4v) is 3.58. The highest BCUT2D eigenvalue weighted by atomic mass is 35.5. The highest BCUT2D eigenvalue weighted by Gasteiger charge is 2.28. The summed E-state index contributed by atoms with van der Waals surface area (Å²) in [6.45, 7) is 1.04. The molecule has 2 N–H and O–H groups in total. The minimum Gasteiger partial charge on any atom is -0.326 e. The van der Waals surface area contributed by atoms with Crippen molar-refractivity contribution in [2.45, 2.75) is 18.9 Å². The topological polar surface area (TPSA) is 63.4 Å². The molecule has 0 saturated carbocycles. The van der Waals surface area contributed by atoms with Crippen LogP contribution in [-0.4, -0.2) is 37.6 Å². The fourth-order valence-electron chi connectivity index (χ4n) is 2.03. The van der Waals surface area contributed by atoms with Crippen LogP contribution in [-0.2, 0) is 16.4 Å². The van der Waals surface area contributed by atoms with E-state index in [9.17, 15) is 8.42 Å². The second-order valence-corrected chi connectivity index (χ2v) is 6.55. The van der Waals surface area contributed by atoms with E-state index < -0.39 is 10.0 Å². The lowest BCUT2D eigenvalue weighted by atomic mass is 10.2. The third kappa shape index (κ3) is 3.95. The molecule has 1 saturated heterocycles. The van der Waals surface area contributed by atoms with Gasteiger partial charge in [0.2, 0.25) is 10.0 Å². The SMILES string of the molecule is Cl.N[C@@H]1CCN(S(=O)(=O)CCc2ccccc2)C1. The van der Waals surface area contributed by atoms with Crippen molar-refractivity contribution < 1.29 is 8.42 Å². The van der Waals surface area contributed by atoms with E-state index in [1.807, 2.05) is 30.3 Å². The average Bonchev–Trinajstić information content (AvgIpc) is 2.76. The monoisotopic (exact) mass is 290 g/mol. The number of aryl methyl sites for hydroxylation is 1. The van der Waals surface area contributed by atoms with Crippen LogP contribution < -0.4 is 5.73 Å². The largest absolute Gasteiger partial charge is 0.326 e. The molecule has 1 heterocycles. The zero-order chi connectivity index (χ0) is 12.3. The molecular weight excluding hydrogens is 272 g/mol. The maximum absolute atomic E-state index is 12.0. The molecule has 0 aromatic heterocycles. The highest BCUT2D eigenvalue weighted by molar-refractivity contribution is 7.89. The molecule has 0 bridgehead atoms. The lowest BCUT2D eigenvalue weighted by Crippen LogP contribution is -2.34. The number of sulfonamides is 1. The molecule has 0 spiro atoms. The van der Waals surface area contributed by atoms with Crippen LogP contribution in [0.2, 0.25) is 0 Å². The molecule has 1 aromatic carbocycles. The maximum atomic E-state index is 12.0. The van der Waals surface area contributed by atoms with E-state index in [-0.39, 0.29) is 24.2 Å². The Bertz CT molecular complexity index is 464. The van der Waals surface area contributed by atoms with Crippen molar-refractivity contribution in [2.75, 3.05) is 18.8 Å².